The third-order valence-electron chi connectivity index (χ3n) is 4.67. The summed E-state index contributed by atoms with van der Waals surface area (Å²) in [7, 11) is 0. The summed E-state index contributed by atoms with van der Waals surface area (Å²) in [6.45, 7) is -0.744. The molecule has 1 heterocycles. The van der Waals surface area contributed by atoms with Gasteiger partial charge in [0.2, 0.25) is 0 Å². The number of hydrogen-bond donors (Lipinski definition) is 1. The van der Waals surface area contributed by atoms with E-state index in [4.69, 9.17) is 9.63 Å². The van der Waals surface area contributed by atoms with Crippen LogP contribution in [0, 0.1) is 0 Å². The van der Waals surface area contributed by atoms with Crippen LogP contribution in [0.2, 0.25) is 0 Å². The number of carboxylic acid groups (broad SMARTS) is 1. The van der Waals surface area contributed by atoms with Gasteiger partial charge in [-0.1, -0.05) is 23.7 Å². The lowest BCUT2D eigenvalue weighted by Crippen LogP contribution is -2.36. The molecule has 0 saturated carbocycles. The van der Waals surface area contributed by atoms with E-state index in [9.17, 15) is 22.8 Å². The minimum atomic E-state index is -4.46. The number of benzene rings is 1. The van der Waals surface area contributed by atoms with Gasteiger partial charge in [0.1, 0.15) is 12.3 Å². The van der Waals surface area contributed by atoms with Gasteiger partial charge in [-0.25, -0.2) is 0 Å². The summed E-state index contributed by atoms with van der Waals surface area (Å²) in [5.74, 6) is -1.19. The van der Waals surface area contributed by atoms with Crippen molar-refractivity contribution in [2.45, 2.75) is 44.8 Å². The summed E-state index contributed by atoms with van der Waals surface area (Å²) in [6, 6.07) is 4.27. The highest BCUT2D eigenvalue weighted by atomic mass is 19.4. The molecule has 0 unspecified atom stereocenters. The third kappa shape index (κ3) is 4.52. The highest BCUT2D eigenvalue weighted by Crippen LogP contribution is 2.29. The highest BCUT2D eigenvalue weighted by Gasteiger charge is 2.31. The second-order valence-corrected chi connectivity index (χ2v) is 6.74. The van der Waals surface area contributed by atoms with Crippen molar-refractivity contribution in [3.8, 4) is 0 Å². The average molecular weight is 396 g/mol. The Labute approximate surface area is 158 Å². The zero-order valence-corrected chi connectivity index (χ0v) is 15.0. The van der Waals surface area contributed by atoms with Gasteiger partial charge in [0, 0.05) is 18.5 Å². The van der Waals surface area contributed by atoms with Crippen LogP contribution in [0.1, 0.15) is 52.2 Å². The van der Waals surface area contributed by atoms with Crippen LogP contribution >= 0.6 is 0 Å². The summed E-state index contributed by atoms with van der Waals surface area (Å²) < 4.78 is 43.4. The van der Waals surface area contributed by atoms with Crippen molar-refractivity contribution >= 4 is 11.9 Å². The molecule has 0 fully saturated rings. The molecule has 2 aromatic rings. The van der Waals surface area contributed by atoms with Gasteiger partial charge in [-0.3, -0.25) is 9.59 Å². The molecular weight excluding hydrogens is 377 g/mol. The lowest BCUT2D eigenvalue weighted by Gasteiger charge is -2.20. The summed E-state index contributed by atoms with van der Waals surface area (Å²) in [5, 5.41) is 13.0. The number of amides is 1. The molecule has 1 N–H and O–H groups in total. The second-order valence-electron chi connectivity index (χ2n) is 6.74. The SMILES string of the molecule is O=C(O)CN(Cc1ccc(C(F)(F)F)cc1)C(=O)c1noc2c1CCCCC2. The van der Waals surface area contributed by atoms with E-state index in [0.29, 0.717) is 29.7 Å². The normalized spacial score (nSPS) is 14.2. The Morgan fingerprint density at radius 2 is 1.79 bits per heavy atom. The molecule has 0 spiro atoms. The highest BCUT2D eigenvalue weighted by molar-refractivity contribution is 5.95. The van der Waals surface area contributed by atoms with Crippen molar-refractivity contribution in [2.75, 3.05) is 6.54 Å². The maximum Gasteiger partial charge on any atom is 0.416 e. The number of aliphatic carboxylic acids is 1. The number of alkyl halides is 3. The van der Waals surface area contributed by atoms with E-state index < -0.39 is 30.2 Å². The van der Waals surface area contributed by atoms with Crippen LogP contribution in [0.3, 0.4) is 0 Å². The molecule has 0 atom stereocenters. The summed E-state index contributed by atoms with van der Waals surface area (Å²) in [6.07, 6.45) is -0.350. The Hall–Kier alpha value is -2.84. The first kappa shape index (κ1) is 19.9. The smallest absolute Gasteiger partial charge is 0.416 e. The zero-order valence-electron chi connectivity index (χ0n) is 15.0. The van der Waals surface area contributed by atoms with Crippen molar-refractivity contribution in [1.29, 1.82) is 0 Å². The molecule has 1 aliphatic rings. The third-order valence-corrected chi connectivity index (χ3v) is 4.67. The number of aryl methyl sites for hydroxylation is 1. The van der Waals surface area contributed by atoms with Crippen LogP contribution in [0.25, 0.3) is 0 Å². The van der Waals surface area contributed by atoms with E-state index in [-0.39, 0.29) is 12.2 Å². The molecule has 3 rings (SSSR count). The molecule has 6 nitrogen and oxygen atoms in total. The van der Waals surface area contributed by atoms with Crippen LogP contribution in [-0.2, 0) is 30.4 Å². The molecule has 0 saturated heterocycles. The number of hydrogen-bond acceptors (Lipinski definition) is 4. The van der Waals surface area contributed by atoms with Crippen LogP contribution in [-0.4, -0.2) is 33.6 Å². The molecule has 1 aromatic heterocycles. The van der Waals surface area contributed by atoms with Crippen molar-refractivity contribution in [3.05, 3.63) is 52.4 Å². The molecule has 9 heteroatoms. The first-order valence-electron chi connectivity index (χ1n) is 8.90. The van der Waals surface area contributed by atoms with Crippen LogP contribution < -0.4 is 0 Å². The summed E-state index contributed by atoms with van der Waals surface area (Å²) >= 11 is 0. The maximum atomic E-state index is 12.9. The van der Waals surface area contributed by atoms with Crippen molar-refractivity contribution in [3.63, 3.8) is 0 Å². The number of halogens is 3. The van der Waals surface area contributed by atoms with Crippen molar-refractivity contribution in [1.82, 2.24) is 10.1 Å². The summed E-state index contributed by atoms with van der Waals surface area (Å²) in [4.78, 5) is 25.2. The zero-order chi connectivity index (χ0) is 20.3. The van der Waals surface area contributed by atoms with E-state index >= 15 is 0 Å². The second kappa shape index (κ2) is 8.04. The van der Waals surface area contributed by atoms with Gasteiger partial charge in [0.25, 0.3) is 5.91 Å². The molecule has 0 bridgehead atoms. The number of carboxylic acids is 1. The van der Waals surface area contributed by atoms with Crippen LogP contribution in [0.15, 0.2) is 28.8 Å². The average Bonchev–Trinajstić information content (AvgIpc) is 2.88. The van der Waals surface area contributed by atoms with Gasteiger partial charge in [-0.2, -0.15) is 13.2 Å². The number of nitrogens with zero attached hydrogens (tertiary/aromatic N) is 2. The van der Waals surface area contributed by atoms with Gasteiger partial charge in [-0.15, -0.1) is 0 Å². The number of carbonyl (C=O) groups is 2. The number of rotatable bonds is 5. The minimum Gasteiger partial charge on any atom is -0.480 e. The lowest BCUT2D eigenvalue weighted by atomic mass is 10.1. The Kier molecular flexibility index (Phi) is 5.71. The fraction of sp³-hybridized carbons (Fsp3) is 0.421. The van der Waals surface area contributed by atoms with Crippen LogP contribution in [0.5, 0.6) is 0 Å². The standard InChI is InChI=1S/C19H19F3N2O4/c20-19(21,22)13-8-6-12(7-9-13)10-24(11-16(25)26)18(27)17-14-4-2-1-3-5-15(14)28-23-17/h6-9H,1-5,10-11H2,(H,25,26). The number of carbonyl (C=O) groups excluding carboxylic acids is 1. The van der Waals surface area contributed by atoms with Gasteiger partial charge >= 0.3 is 12.1 Å². The van der Waals surface area contributed by atoms with Gasteiger partial charge in [0.15, 0.2) is 5.69 Å². The van der Waals surface area contributed by atoms with E-state index in [2.05, 4.69) is 5.16 Å². The number of aromatic nitrogens is 1. The molecule has 1 aromatic carbocycles. The maximum absolute atomic E-state index is 12.9. The fourth-order valence-corrected chi connectivity index (χ4v) is 3.26. The summed E-state index contributed by atoms with van der Waals surface area (Å²) in [5.41, 5.74) is 0.363. The molecular formula is C19H19F3N2O4. The Morgan fingerprint density at radius 1 is 1.11 bits per heavy atom. The van der Waals surface area contributed by atoms with Gasteiger partial charge in [-0.05, 0) is 37.0 Å². The Morgan fingerprint density at radius 3 is 2.43 bits per heavy atom. The Bertz CT molecular complexity index is 859. The largest absolute Gasteiger partial charge is 0.480 e. The van der Waals surface area contributed by atoms with Gasteiger partial charge in [0.05, 0.1) is 5.56 Å². The monoisotopic (exact) mass is 396 g/mol. The van der Waals surface area contributed by atoms with Crippen LogP contribution in [0.4, 0.5) is 13.2 Å². The topological polar surface area (TPSA) is 83.6 Å². The van der Waals surface area contributed by atoms with E-state index in [1.54, 1.807) is 0 Å². The van der Waals surface area contributed by atoms with Gasteiger partial charge < -0.3 is 14.5 Å². The van der Waals surface area contributed by atoms with Crippen molar-refractivity contribution in [2.24, 2.45) is 0 Å². The predicted octanol–water partition coefficient (Wildman–Crippen LogP) is 3.69. The van der Waals surface area contributed by atoms with Crippen molar-refractivity contribution < 1.29 is 32.4 Å². The molecule has 28 heavy (non-hydrogen) atoms. The fourth-order valence-electron chi connectivity index (χ4n) is 3.26. The van der Waals surface area contributed by atoms with E-state index in [1.807, 2.05) is 0 Å². The van der Waals surface area contributed by atoms with E-state index in [1.165, 1.54) is 12.1 Å². The molecule has 0 radical (unpaired) electrons. The first-order valence-corrected chi connectivity index (χ1v) is 8.90. The lowest BCUT2D eigenvalue weighted by molar-refractivity contribution is -0.138. The predicted molar refractivity (Wildman–Crippen MR) is 91.6 cm³/mol. The number of fused-ring (bicyclic) bond motifs is 1. The van der Waals surface area contributed by atoms with E-state index in [0.717, 1.165) is 36.3 Å². The molecule has 150 valence electrons. The quantitative estimate of drug-likeness (QED) is 0.780. The molecule has 1 amide bonds. The molecule has 0 aliphatic heterocycles. The Balaban J connectivity index is 1.83. The molecule has 1 aliphatic carbocycles. The minimum absolute atomic E-state index is 0.0880. The first-order chi connectivity index (χ1) is 13.3.